The highest BCUT2D eigenvalue weighted by atomic mass is 32.2. The van der Waals surface area contributed by atoms with Crippen LogP contribution in [0.4, 0.5) is 5.69 Å². The van der Waals surface area contributed by atoms with Crippen LogP contribution in [0.5, 0.6) is 0 Å². The molecule has 0 spiro atoms. The van der Waals surface area contributed by atoms with Gasteiger partial charge in [0.15, 0.2) is 0 Å². The van der Waals surface area contributed by atoms with E-state index in [0.717, 1.165) is 38.2 Å². The van der Waals surface area contributed by atoms with Crippen molar-refractivity contribution in [2.45, 2.75) is 44.3 Å². The summed E-state index contributed by atoms with van der Waals surface area (Å²) in [5.74, 6) is 2.55. The minimum Gasteiger partial charge on any atom is -0.325 e. The Kier molecular flexibility index (Phi) is 6.12. The van der Waals surface area contributed by atoms with Crippen LogP contribution in [0.25, 0.3) is 0 Å². The highest BCUT2D eigenvalue weighted by Gasteiger charge is 2.38. The first-order chi connectivity index (χ1) is 14.8. The van der Waals surface area contributed by atoms with E-state index in [1.54, 1.807) is 0 Å². The van der Waals surface area contributed by atoms with Crippen molar-refractivity contribution in [1.29, 1.82) is 0 Å². The van der Waals surface area contributed by atoms with Crippen molar-refractivity contribution in [3.8, 4) is 0 Å². The Hall–Kier alpha value is -1.82. The zero-order chi connectivity index (χ0) is 20.3. The van der Waals surface area contributed by atoms with E-state index in [2.05, 4.69) is 57.6 Å². The SMILES string of the molecule is O=C(CN(C1CC1)C1CCc2ccccc21)Nc1cccc(CN2CCSCC2)c1. The Labute approximate surface area is 184 Å². The molecule has 5 rings (SSSR count). The Balaban J connectivity index is 1.22. The summed E-state index contributed by atoms with van der Waals surface area (Å²) in [4.78, 5) is 17.9. The molecular formula is C25H31N3OS. The molecule has 1 atom stereocenters. The normalized spacial score (nSPS) is 21.6. The second-order valence-electron chi connectivity index (χ2n) is 8.79. The fourth-order valence-corrected chi connectivity index (χ4v) is 5.89. The predicted octanol–water partition coefficient (Wildman–Crippen LogP) is 4.33. The van der Waals surface area contributed by atoms with Gasteiger partial charge in [0.25, 0.3) is 0 Å². The van der Waals surface area contributed by atoms with Crippen LogP contribution in [-0.4, -0.2) is 52.9 Å². The van der Waals surface area contributed by atoms with Crippen molar-refractivity contribution >= 4 is 23.4 Å². The van der Waals surface area contributed by atoms with E-state index < -0.39 is 0 Å². The number of benzene rings is 2. The van der Waals surface area contributed by atoms with Gasteiger partial charge in [-0.3, -0.25) is 14.6 Å². The number of carbonyl (C=O) groups excluding carboxylic acids is 1. The smallest absolute Gasteiger partial charge is 0.238 e. The van der Waals surface area contributed by atoms with Gasteiger partial charge in [0, 0.05) is 48.9 Å². The van der Waals surface area contributed by atoms with Crippen LogP contribution in [0.1, 0.15) is 42.0 Å². The molecule has 1 saturated heterocycles. The van der Waals surface area contributed by atoms with Crippen LogP contribution in [0.2, 0.25) is 0 Å². The average molecular weight is 422 g/mol. The number of nitrogens with zero attached hydrogens (tertiary/aromatic N) is 2. The molecule has 0 bridgehead atoms. The van der Waals surface area contributed by atoms with E-state index in [9.17, 15) is 4.79 Å². The molecule has 1 saturated carbocycles. The number of rotatable bonds is 7. The quantitative estimate of drug-likeness (QED) is 0.722. The number of fused-ring (bicyclic) bond motifs is 1. The minimum atomic E-state index is 0.109. The summed E-state index contributed by atoms with van der Waals surface area (Å²) in [5, 5.41) is 3.18. The van der Waals surface area contributed by atoms with E-state index in [-0.39, 0.29) is 5.91 Å². The maximum absolute atomic E-state index is 13.0. The Morgan fingerprint density at radius 1 is 1.07 bits per heavy atom. The fraction of sp³-hybridized carbons (Fsp3) is 0.480. The standard InChI is InChI=1S/C25H31N3OS/c29-25(26-21-6-3-4-19(16-21)17-27-12-14-30-15-13-27)18-28(22-9-10-22)24-11-8-20-5-1-2-7-23(20)24/h1-7,16,22,24H,8-15,17-18H2,(H,26,29). The van der Waals surface area contributed by atoms with Crippen LogP contribution in [0.3, 0.4) is 0 Å². The molecule has 1 amide bonds. The predicted molar refractivity (Wildman–Crippen MR) is 125 cm³/mol. The number of carbonyl (C=O) groups is 1. The van der Waals surface area contributed by atoms with Gasteiger partial charge in [0.2, 0.25) is 5.91 Å². The molecule has 1 heterocycles. The third-order valence-corrected chi connectivity index (χ3v) is 7.51. The zero-order valence-electron chi connectivity index (χ0n) is 17.6. The largest absolute Gasteiger partial charge is 0.325 e. The van der Waals surface area contributed by atoms with Gasteiger partial charge in [-0.2, -0.15) is 11.8 Å². The molecule has 2 aliphatic carbocycles. The lowest BCUT2D eigenvalue weighted by Gasteiger charge is -2.29. The van der Waals surface area contributed by atoms with Gasteiger partial charge in [-0.1, -0.05) is 36.4 Å². The van der Waals surface area contributed by atoms with Crippen LogP contribution in [0, 0.1) is 0 Å². The van der Waals surface area contributed by atoms with Crippen LogP contribution in [0.15, 0.2) is 48.5 Å². The molecule has 30 heavy (non-hydrogen) atoms. The average Bonchev–Trinajstić information content (AvgIpc) is 3.52. The lowest BCUT2D eigenvalue weighted by molar-refractivity contribution is -0.118. The lowest BCUT2D eigenvalue weighted by Crippen LogP contribution is -2.37. The molecule has 1 unspecified atom stereocenters. The third kappa shape index (κ3) is 4.74. The minimum absolute atomic E-state index is 0.109. The monoisotopic (exact) mass is 421 g/mol. The molecule has 0 aromatic heterocycles. The van der Waals surface area contributed by atoms with E-state index in [0.29, 0.717) is 18.6 Å². The number of aryl methyl sites for hydroxylation is 1. The zero-order valence-corrected chi connectivity index (χ0v) is 18.4. The van der Waals surface area contributed by atoms with Crippen LogP contribution < -0.4 is 5.32 Å². The Morgan fingerprint density at radius 2 is 1.90 bits per heavy atom. The van der Waals surface area contributed by atoms with E-state index in [1.807, 2.05) is 17.8 Å². The van der Waals surface area contributed by atoms with E-state index in [1.165, 1.54) is 41.0 Å². The third-order valence-electron chi connectivity index (χ3n) is 6.56. The molecule has 1 aliphatic heterocycles. The second kappa shape index (κ2) is 9.13. The van der Waals surface area contributed by atoms with Crippen molar-refractivity contribution in [3.05, 3.63) is 65.2 Å². The number of nitrogens with one attached hydrogen (secondary N) is 1. The number of amides is 1. The molecule has 158 valence electrons. The summed E-state index contributed by atoms with van der Waals surface area (Å²) < 4.78 is 0. The maximum atomic E-state index is 13.0. The summed E-state index contributed by atoms with van der Waals surface area (Å²) in [6.07, 6.45) is 4.70. The van der Waals surface area contributed by atoms with Crippen molar-refractivity contribution in [3.63, 3.8) is 0 Å². The van der Waals surface area contributed by atoms with E-state index in [4.69, 9.17) is 0 Å². The Bertz CT molecular complexity index is 891. The molecule has 0 radical (unpaired) electrons. The molecule has 3 aliphatic rings. The van der Waals surface area contributed by atoms with Crippen molar-refractivity contribution in [2.75, 3.05) is 36.5 Å². The summed E-state index contributed by atoms with van der Waals surface area (Å²) in [6, 6.07) is 18.1. The lowest BCUT2D eigenvalue weighted by atomic mass is 10.1. The Morgan fingerprint density at radius 3 is 2.73 bits per heavy atom. The molecule has 4 nitrogen and oxygen atoms in total. The van der Waals surface area contributed by atoms with Gasteiger partial charge in [-0.25, -0.2) is 0 Å². The molecule has 2 aromatic rings. The van der Waals surface area contributed by atoms with Gasteiger partial charge in [-0.05, 0) is 54.5 Å². The van der Waals surface area contributed by atoms with Gasteiger partial charge in [0.05, 0.1) is 6.54 Å². The molecule has 2 fully saturated rings. The number of hydrogen-bond donors (Lipinski definition) is 1. The van der Waals surface area contributed by atoms with Crippen LogP contribution in [-0.2, 0) is 17.8 Å². The number of thioether (sulfide) groups is 1. The van der Waals surface area contributed by atoms with E-state index >= 15 is 0 Å². The summed E-state index contributed by atoms with van der Waals surface area (Å²) in [5.41, 5.74) is 5.09. The summed E-state index contributed by atoms with van der Waals surface area (Å²) >= 11 is 2.04. The number of anilines is 1. The highest BCUT2D eigenvalue weighted by molar-refractivity contribution is 7.99. The molecule has 2 aromatic carbocycles. The van der Waals surface area contributed by atoms with Gasteiger partial charge < -0.3 is 5.32 Å². The second-order valence-corrected chi connectivity index (χ2v) is 10.0. The van der Waals surface area contributed by atoms with Crippen molar-refractivity contribution < 1.29 is 4.79 Å². The highest BCUT2D eigenvalue weighted by Crippen LogP contribution is 2.41. The first-order valence-corrected chi connectivity index (χ1v) is 12.4. The van der Waals surface area contributed by atoms with Gasteiger partial charge >= 0.3 is 0 Å². The molecule has 1 N–H and O–H groups in total. The summed E-state index contributed by atoms with van der Waals surface area (Å²) in [7, 11) is 0. The first kappa shape index (κ1) is 20.1. The van der Waals surface area contributed by atoms with Gasteiger partial charge in [0.1, 0.15) is 0 Å². The molecule has 5 heteroatoms. The van der Waals surface area contributed by atoms with Crippen LogP contribution >= 0.6 is 11.8 Å². The van der Waals surface area contributed by atoms with Gasteiger partial charge in [-0.15, -0.1) is 0 Å². The fourth-order valence-electron chi connectivity index (χ4n) is 4.91. The molecular weight excluding hydrogens is 390 g/mol. The van der Waals surface area contributed by atoms with Crippen molar-refractivity contribution in [2.24, 2.45) is 0 Å². The first-order valence-electron chi connectivity index (χ1n) is 11.3. The maximum Gasteiger partial charge on any atom is 0.238 e. The number of hydrogen-bond acceptors (Lipinski definition) is 4. The van der Waals surface area contributed by atoms with Crippen molar-refractivity contribution in [1.82, 2.24) is 9.80 Å². The topological polar surface area (TPSA) is 35.6 Å². The summed E-state index contributed by atoms with van der Waals surface area (Å²) in [6.45, 7) is 3.76.